The minimum Gasteiger partial charge on any atom is -0.380 e. The van der Waals surface area contributed by atoms with Crippen molar-refractivity contribution in [2.24, 2.45) is 0 Å². The number of aromatic nitrogens is 2. The third kappa shape index (κ3) is 2.46. The molecule has 2 aromatic rings. The molecule has 0 aliphatic heterocycles. The van der Waals surface area contributed by atoms with Crippen molar-refractivity contribution in [3.63, 3.8) is 0 Å². The number of halogens is 1. The van der Waals surface area contributed by atoms with E-state index in [0.29, 0.717) is 12.0 Å². The second-order valence-corrected chi connectivity index (χ2v) is 5.12. The van der Waals surface area contributed by atoms with Gasteiger partial charge in [-0.25, -0.2) is 9.97 Å². The van der Waals surface area contributed by atoms with Crippen molar-refractivity contribution in [1.29, 1.82) is 0 Å². The second kappa shape index (κ2) is 4.94. The molecule has 1 N–H and O–H groups in total. The first-order valence-electron chi connectivity index (χ1n) is 6.08. The lowest BCUT2D eigenvalue weighted by molar-refractivity contribution is 0.374. The van der Waals surface area contributed by atoms with Gasteiger partial charge in [0.05, 0.1) is 18.1 Å². The molecule has 0 spiro atoms. The van der Waals surface area contributed by atoms with Gasteiger partial charge in [-0.05, 0) is 36.5 Å². The van der Waals surface area contributed by atoms with Gasteiger partial charge in [0.2, 0.25) is 0 Å². The van der Waals surface area contributed by atoms with Crippen LogP contribution >= 0.6 is 11.6 Å². The van der Waals surface area contributed by atoms with Crippen molar-refractivity contribution in [3.05, 3.63) is 53.6 Å². The highest BCUT2D eigenvalue weighted by Crippen LogP contribution is 2.38. The van der Waals surface area contributed by atoms with E-state index in [2.05, 4.69) is 27.4 Å². The van der Waals surface area contributed by atoms with E-state index in [1.165, 1.54) is 5.56 Å². The average molecular weight is 260 g/mol. The number of rotatable bonds is 3. The highest BCUT2D eigenvalue weighted by atomic mass is 35.5. The van der Waals surface area contributed by atoms with Crippen LogP contribution in [0.15, 0.2) is 43.0 Å². The summed E-state index contributed by atoms with van der Waals surface area (Å²) in [6, 6.07) is 8.69. The number of anilines is 1. The summed E-state index contributed by atoms with van der Waals surface area (Å²) in [5, 5.41) is 4.24. The van der Waals surface area contributed by atoms with E-state index in [-0.39, 0.29) is 0 Å². The third-order valence-electron chi connectivity index (χ3n) is 3.41. The molecule has 1 saturated carbocycles. The van der Waals surface area contributed by atoms with E-state index in [0.717, 1.165) is 23.6 Å². The lowest BCUT2D eigenvalue weighted by atomic mass is 9.76. The van der Waals surface area contributed by atoms with Crippen molar-refractivity contribution < 1.29 is 0 Å². The molecule has 1 heterocycles. The smallest absolute Gasteiger partial charge is 0.115 e. The van der Waals surface area contributed by atoms with Crippen LogP contribution in [-0.2, 0) is 0 Å². The molecule has 0 amide bonds. The second-order valence-electron chi connectivity index (χ2n) is 4.69. The maximum absolute atomic E-state index is 5.89. The van der Waals surface area contributed by atoms with Crippen molar-refractivity contribution in [3.8, 4) is 0 Å². The van der Waals surface area contributed by atoms with Gasteiger partial charge in [0, 0.05) is 11.1 Å². The molecule has 1 aliphatic rings. The van der Waals surface area contributed by atoms with E-state index in [1.54, 1.807) is 6.33 Å². The summed E-state index contributed by atoms with van der Waals surface area (Å²) in [6.07, 6.45) is 7.46. The molecule has 0 bridgehead atoms. The van der Waals surface area contributed by atoms with Gasteiger partial charge in [-0.3, -0.25) is 0 Å². The molecule has 18 heavy (non-hydrogen) atoms. The van der Waals surface area contributed by atoms with E-state index in [9.17, 15) is 0 Å². The number of hydrogen-bond donors (Lipinski definition) is 1. The van der Waals surface area contributed by atoms with Crippen LogP contribution in [0.3, 0.4) is 0 Å². The fraction of sp³-hybridized carbons (Fsp3) is 0.286. The molecular weight excluding hydrogens is 246 g/mol. The zero-order valence-corrected chi connectivity index (χ0v) is 10.6. The summed E-state index contributed by atoms with van der Waals surface area (Å²) >= 11 is 5.89. The number of hydrogen-bond acceptors (Lipinski definition) is 3. The van der Waals surface area contributed by atoms with E-state index >= 15 is 0 Å². The molecular formula is C14H14ClN3. The Morgan fingerprint density at radius 3 is 2.39 bits per heavy atom. The van der Waals surface area contributed by atoms with Gasteiger partial charge in [-0.15, -0.1) is 0 Å². The summed E-state index contributed by atoms with van der Waals surface area (Å²) in [5.74, 6) is 0.643. The normalized spacial score (nSPS) is 22.3. The zero-order chi connectivity index (χ0) is 12.4. The quantitative estimate of drug-likeness (QED) is 0.917. The number of nitrogens with one attached hydrogen (secondary N) is 1. The van der Waals surface area contributed by atoms with Crippen LogP contribution in [0.4, 0.5) is 5.69 Å². The molecule has 1 aromatic carbocycles. The summed E-state index contributed by atoms with van der Waals surface area (Å²) in [6.45, 7) is 0. The summed E-state index contributed by atoms with van der Waals surface area (Å²) in [7, 11) is 0. The molecule has 0 atom stereocenters. The first-order chi connectivity index (χ1) is 8.81. The number of benzene rings is 1. The Hall–Kier alpha value is -1.61. The molecule has 4 heteroatoms. The predicted molar refractivity (Wildman–Crippen MR) is 72.9 cm³/mol. The topological polar surface area (TPSA) is 37.8 Å². The van der Waals surface area contributed by atoms with Crippen LogP contribution in [0.5, 0.6) is 0 Å². The zero-order valence-electron chi connectivity index (χ0n) is 9.88. The Balaban J connectivity index is 1.56. The highest BCUT2D eigenvalue weighted by Gasteiger charge is 2.30. The molecule has 92 valence electrons. The Labute approximate surface area is 111 Å². The van der Waals surface area contributed by atoms with Gasteiger partial charge in [0.25, 0.3) is 0 Å². The largest absolute Gasteiger partial charge is 0.380 e. The fourth-order valence-corrected chi connectivity index (χ4v) is 2.48. The number of nitrogens with zero attached hydrogens (tertiary/aromatic N) is 2. The summed E-state index contributed by atoms with van der Waals surface area (Å²) in [5.41, 5.74) is 2.37. The SMILES string of the molecule is Clc1ccc(C2CC(Nc3cncnc3)C2)cc1. The third-order valence-corrected chi connectivity index (χ3v) is 3.66. The minimum atomic E-state index is 0.525. The first-order valence-corrected chi connectivity index (χ1v) is 6.46. The fourth-order valence-electron chi connectivity index (χ4n) is 2.35. The predicted octanol–water partition coefficient (Wildman–Crippen LogP) is 3.49. The average Bonchev–Trinajstić information content (AvgIpc) is 2.36. The monoisotopic (exact) mass is 259 g/mol. The molecule has 3 rings (SSSR count). The van der Waals surface area contributed by atoms with Gasteiger partial charge >= 0.3 is 0 Å². The molecule has 1 fully saturated rings. The van der Waals surface area contributed by atoms with Crippen LogP contribution in [-0.4, -0.2) is 16.0 Å². The van der Waals surface area contributed by atoms with Crippen LogP contribution in [0.2, 0.25) is 5.02 Å². The Morgan fingerprint density at radius 1 is 1.06 bits per heavy atom. The van der Waals surface area contributed by atoms with Crippen LogP contribution < -0.4 is 5.32 Å². The van der Waals surface area contributed by atoms with E-state index in [1.807, 2.05) is 24.5 Å². The van der Waals surface area contributed by atoms with Crippen LogP contribution in [0.1, 0.15) is 24.3 Å². The standard InChI is InChI=1S/C14H14ClN3/c15-12-3-1-10(2-4-12)11-5-13(6-11)18-14-7-16-9-17-8-14/h1-4,7-9,11,13,18H,5-6H2. The molecule has 0 radical (unpaired) electrons. The molecule has 3 nitrogen and oxygen atoms in total. The van der Waals surface area contributed by atoms with Gasteiger partial charge < -0.3 is 5.32 Å². The van der Waals surface area contributed by atoms with Crippen LogP contribution in [0, 0.1) is 0 Å². The van der Waals surface area contributed by atoms with E-state index in [4.69, 9.17) is 11.6 Å². The van der Waals surface area contributed by atoms with Crippen molar-refractivity contribution in [1.82, 2.24) is 9.97 Å². The Kier molecular flexibility index (Phi) is 3.15. The summed E-state index contributed by atoms with van der Waals surface area (Å²) < 4.78 is 0. The maximum Gasteiger partial charge on any atom is 0.115 e. The molecule has 1 aliphatic carbocycles. The molecule has 0 saturated heterocycles. The van der Waals surface area contributed by atoms with Crippen molar-refractivity contribution in [2.75, 3.05) is 5.32 Å². The van der Waals surface area contributed by atoms with Crippen molar-refractivity contribution >= 4 is 17.3 Å². The maximum atomic E-state index is 5.89. The lowest BCUT2D eigenvalue weighted by Crippen LogP contribution is -2.34. The van der Waals surface area contributed by atoms with Gasteiger partial charge in [-0.2, -0.15) is 0 Å². The molecule has 1 aromatic heterocycles. The van der Waals surface area contributed by atoms with Crippen LogP contribution in [0.25, 0.3) is 0 Å². The van der Waals surface area contributed by atoms with Gasteiger partial charge in [-0.1, -0.05) is 23.7 Å². The van der Waals surface area contributed by atoms with Crippen molar-refractivity contribution in [2.45, 2.75) is 24.8 Å². The van der Waals surface area contributed by atoms with Gasteiger partial charge in [0.1, 0.15) is 6.33 Å². The highest BCUT2D eigenvalue weighted by molar-refractivity contribution is 6.30. The van der Waals surface area contributed by atoms with Gasteiger partial charge in [0.15, 0.2) is 0 Å². The first kappa shape index (κ1) is 11.5. The molecule has 0 unspecified atom stereocenters. The Morgan fingerprint density at radius 2 is 1.72 bits per heavy atom. The Bertz CT molecular complexity index is 506. The summed E-state index contributed by atoms with van der Waals surface area (Å²) in [4.78, 5) is 7.99. The lowest BCUT2D eigenvalue weighted by Gasteiger charge is -2.36. The van der Waals surface area contributed by atoms with E-state index < -0.39 is 0 Å². The minimum absolute atomic E-state index is 0.525.